The van der Waals surface area contributed by atoms with Crippen LogP contribution >= 0.6 is 0 Å². The molecule has 1 amide bonds. The minimum Gasteiger partial charge on any atom is -0.444 e. The zero-order chi connectivity index (χ0) is 17.3. The number of halogens is 1. The standard InChI is InChI=1S/C18H18FN3O2/c1-18(2,3)24-17(23)22-13-9-8-11(10-12(13)19)16-20-14-6-4-5-7-15(14)21-16/h4-10H,1-3H3,(H,20,21)(H,22,23). The van der Waals surface area contributed by atoms with Gasteiger partial charge in [-0.15, -0.1) is 0 Å². The third kappa shape index (κ3) is 3.53. The molecule has 0 saturated heterocycles. The number of amides is 1. The number of fused-ring (bicyclic) bond motifs is 1. The smallest absolute Gasteiger partial charge is 0.412 e. The maximum atomic E-state index is 14.3. The maximum absolute atomic E-state index is 14.3. The Bertz CT molecular complexity index is 864. The molecule has 3 rings (SSSR count). The van der Waals surface area contributed by atoms with Crippen molar-refractivity contribution < 1.29 is 13.9 Å². The van der Waals surface area contributed by atoms with Gasteiger partial charge in [-0.1, -0.05) is 12.1 Å². The number of hydrogen-bond donors (Lipinski definition) is 2. The van der Waals surface area contributed by atoms with Gasteiger partial charge in [0.15, 0.2) is 0 Å². The van der Waals surface area contributed by atoms with Crippen molar-refractivity contribution in [1.82, 2.24) is 9.97 Å². The quantitative estimate of drug-likeness (QED) is 0.716. The minimum absolute atomic E-state index is 0.0594. The molecule has 3 aromatic rings. The monoisotopic (exact) mass is 327 g/mol. The van der Waals surface area contributed by atoms with Gasteiger partial charge in [-0.05, 0) is 51.1 Å². The van der Waals surface area contributed by atoms with Gasteiger partial charge < -0.3 is 9.72 Å². The molecule has 0 fully saturated rings. The molecule has 0 aliphatic heterocycles. The second-order valence-corrected chi connectivity index (χ2v) is 6.42. The topological polar surface area (TPSA) is 67.0 Å². The van der Waals surface area contributed by atoms with Crippen LogP contribution in [0.15, 0.2) is 42.5 Å². The van der Waals surface area contributed by atoms with Crippen molar-refractivity contribution in [1.29, 1.82) is 0 Å². The van der Waals surface area contributed by atoms with E-state index in [1.807, 2.05) is 24.3 Å². The van der Waals surface area contributed by atoms with E-state index in [9.17, 15) is 9.18 Å². The lowest BCUT2D eigenvalue weighted by molar-refractivity contribution is 0.0635. The molecule has 1 heterocycles. The highest BCUT2D eigenvalue weighted by Gasteiger charge is 2.17. The molecule has 0 bridgehead atoms. The summed E-state index contributed by atoms with van der Waals surface area (Å²) in [5.41, 5.74) is 1.70. The molecule has 6 heteroatoms. The van der Waals surface area contributed by atoms with Crippen LogP contribution in [-0.4, -0.2) is 21.7 Å². The fraction of sp³-hybridized carbons (Fsp3) is 0.222. The predicted molar refractivity (Wildman–Crippen MR) is 91.3 cm³/mol. The third-order valence-electron chi connectivity index (χ3n) is 3.27. The fourth-order valence-electron chi connectivity index (χ4n) is 2.27. The van der Waals surface area contributed by atoms with Gasteiger partial charge in [0.05, 0.1) is 16.7 Å². The van der Waals surface area contributed by atoms with Crippen molar-refractivity contribution in [3.05, 3.63) is 48.3 Å². The molecule has 2 aromatic carbocycles. The number of nitrogens with one attached hydrogen (secondary N) is 2. The number of benzene rings is 2. The van der Waals surface area contributed by atoms with E-state index < -0.39 is 17.5 Å². The van der Waals surface area contributed by atoms with Crippen molar-refractivity contribution in [2.45, 2.75) is 26.4 Å². The van der Waals surface area contributed by atoms with Gasteiger partial charge in [0.2, 0.25) is 0 Å². The Balaban J connectivity index is 1.83. The van der Waals surface area contributed by atoms with E-state index in [1.54, 1.807) is 26.8 Å². The molecule has 1 aromatic heterocycles. The first-order valence-corrected chi connectivity index (χ1v) is 7.56. The summed E-state index contributed by atoms with van der Waals surface area (Å²) in [5.74, 6) is 0.0118. The molecule has 124 valence electrons. The van der Waals surface area contributed by atoms with Crippen LogP contribution in [0.3, 0.4) is 0 Å². The summed E-state index contributed by atoms with van der Waals surface area (Å²) in [7, 11) is 0. The molecule has 0 unspecified atom stereocenters. The molecule has 2 N–H and O–H groups in total. The lowest BCUT2D eigenvalue weighted by Gasteiger charge is -2.19. The largest absolute Gasteiger partial charge is 0.444 e. The zero-order valence-corrected chi connectivity index (χ0v) is 13.7. The normalized spacial score (nSPS) is 11.5. The number of rotatable bonds is 2. The molecule has 0 aliphatic rings. The maximum Gasteiger partial charge on any atom is 0.412 e. The highest BCUT2D eigenvalue weighted by Crippen LogP contribution is 2.25. The predicted octanol–water partition coefficient (Wildman–Crippen LogP) is 4.72. The van der Waals surface area contributed by atoms with Crippen LogP contribution in [0.1, 0.15) is 20.8 Å². The Labute approximate surface area is 138 Å². The van der Waals surface area contributed by atoms with E-state index >= 15 is 0 Å². The van der Waals surface area contributed by atoms with E-state index in [0.717, 1.165) is 11.0 Å². The number of imidazole rings is 1. The summed E-state index contributed by atoms with van der Waals surface area (Å²) in [6, 6.07) is 12.1. The Morgan fingerprint density at radius 1 is 1.21 bits per heavy atom. The lowest BCUT2D eigenvalue weighted by atomic mass is 10.2. The highest BCUT2D eigenvalue weighted by molar-refractivity contribution is 5.86. The average Bonchev–Trinajstić information content (AvgIpc) is 2.91. The number of aromatic amines is 1. The Morgan fingerprint density at radius 3 is 2.62 bits per heavy atom. The Kier molecular flexibility index (Phi) is 3.97. The van der Waals surface area contributed by atoms with E-state index in [4.69, 9.17) is 4.74 Å². The zero-order valence-electron chi connectivity index (χ0n) is 13.7. The number of hydrogen-bond acceptors (Lipinski definition) is 3. The van der Waals surface area contributed by atoms with Gasteiger partial charge in [0.25, 0.3) is 0 Å². The fourth-order valence-corrected chi connectivity index (χ4v) is 2.27. The summed E-state index contributed by atoms with van der Waals surface area (Å²) in [6.45, 7) is 5.23. The molecule has 0 aliphatic carbocycles. The van der Waals surface area contributed by atoms with Crippen LogP contribution in [0.25, 0.3) is 22.4 Å². The summed E-state index contributed by atoms with van der Waals surface area (Å²) >= 11 is 0. The van der Waals surface area contributed by atoms with Crippen LogP contribution in [0, 0.1) is 5.82 Å². The van der Waals surface area contributed by atoms with Gasteiger partial charge in [0.1, 0.15) is 17.2 Å². The first-order valence-electron chi connectivity index (χ1n) is 7.56. The van der Waals surface area contributed by atoms with Crippen LogP contribution in [0.4, 0.5) is 14.9 Å². The van der Waals surface area contributed by atoms with Gasteiger partial charge in [-0.25, -0.2) is 14.2 Å². The van der Waals surface area contributed by atoms with Crippen LogP contribution < -0.4 is 5.32 Å². The number of H-pyrrole nitrogens is 1. The summed E-state index contributed by atoms with van der Waals surface area (Å²) in [4.78, 5) is 19.3. The second-order valence-electron chi connectivity index (χ2n) is 6.42. The van der Waals surface area contributed by atoms with Crippen LogP contribution in [-0.2, 0) is 4.74 Å². The van der Waals surface area contributed by atoms with Crippen LogP contribution in [0.5, 0.6) is 0 Å². The van der Waals surface area contributed by atoms with Crippen molar-refractivity contribution >= 4 is 22.8 Å². The van der Waals surface area contributed by atoms with E-state index in [-0.39, 0.29) is 5.69 Å². The number of carbonyl (C=O) groups is 1. The second kappa shape index (κ2) is 5.96. The summed E-state index contributed by atoms with van der Waals surface area (Å²) < 4.78 is 19.4. The third-order valence-corrected chi connectivity index (χ3v) is 3.27. The van der Waals surface area contributed by atoms with Crippen molar-refractivity contribution in [2.75, 3.05) is 5.32 Å². The minimum atomic E-state index is -0.696. The number of para-hydroxylation sites is 2. The Morgan fingerprint density at radius 2 is 1.96 bits per heavy atom. The molecule has 24 heavy (non-hydrogen) atoms. The van der Waals surface area contributed by atoms with Gasteiger partial charge in [-0.2, -0.15) is 0 Å². The highest BCUT2D eigenvalue weighted by atomic mass is 19.1. The molecule has 0 atom stereocenters. The van der Waals surface area contributed by atoms with Gasteiger partial charge in [-0.3, -0.25) is 5.32 Å². The number of carbonyl (C=O) groups excluding carboxylic acids is 1. The molecular formula is C18H18FN3O2. The molecule has 0 spiro atoms. The first-order chi connectivity index (χ1) is 11.3. The van der Waals surface area contributed by atoms with E-state index in [1.165, 1.54) is 12.1 Å². The average molecular weight is 327 g/mol. The number of ether oxygens (including phenoxy) is 1. The molecule has 0 saturated carbocycles. The number of nitrogens with zero attached hydrogens (tertiary/aromatic N) is 1. The van der Waals surface area contributed by atoms with E-state index in [0.29, 0.717) is 11.4 Å². The summed E-state index contributed by atoms with van der Waals surface area (Å²) in [6.07, 6.45) is -0.696. The first kappa shape index (κ1) is 16.0. The molecular weight excluding hydrogens is 309 g/mol. The Hall–Kier alpha value is -2.89. The summed E-state index contributed by atoms with van der Waals surface area (Å²) in [5, 5.41) is 2.41. The van der Waals surface area contributed by atoms with Crippen molar-refractivity contribution in [3.63, 3.8) is 0 Å². The van der Waals surface area contributed by atoms with Gasteiger partial charge in [0, 0.05) is 5.56 Å². The van der Waals surface area contributed by atoms with Gasteiger partial charge >= 0.3 is 6.09 Å². The SMILES string of the molecule is CC(C)(C)OC(=O)Nc1ccc(-c2nc3ccccc3[nH]2)cc1F. The van der Waals surface area contributed by atoms with Crippen molar-refractivity contribution in [3.8, 4) is 11.4 Å². The number of aromatic nitrogens is 2. The van der Waals surface area contributed by atoms with Crippen LogP contribution in [0.2, 0.25) is 0 Å². The lowest BCUT2D eigenvalue weighted by Crippen LogP contribution is -2.27. The number of anilines is 1. The van der Waals surface area contributed by atoms with Crippen molar-refractivity contribution in [2.24, 2.45) is 0 Å². The molecule has 0 radical (unpaired) electrons. The van der Waals surface area contributed by atoms with E-state index in [2.05, 4.69) is 15.3 Å². The molecule has 5 nitrogen and oxygen atoms in total.